The molecule has 0 spiro atoms. The molecule has 1 amide bonds. The number of rotatable bonds is 9. The normalized spacial score (nSPS) is 11.6. The van der Waals surface area contributed by atoms with E-state index in [0.717, 1.165) is 23.2 Å². The van der Waals surface area contributed by atoms with E-state index in [2.05, 4.69) is 33.0 Å². The van der Waals surface area contributed by atoms with Crippen LogP contribution in [-0.4, -0.2) is 23.2 Å². The van der Waals surface area contributed by atoms with Crippen molar-refractivity contribution < 1.29 is 9.53 Å². The van der Waals surface area contributed by atoms with Gasteiger partial charge in [0.15, 0.2) is 0 Å². The Kier molecular flexibility index (Phi) is 9.11. The van der Waals surface area contributed by atoms with Gasteiger partial charge in [0, 0.05) is 30.2 Å². The molecule has 0 saturated carbocycles. The third kappa shape index (κ3) is 5.81. The first kappa shape index (κ1) is 26.1. The highest BCUT2D eigenvalue weighted by atomic mass is 35.5. The summed E-state index contributed by atoms with van der Waals surface area (Å²) in [5.74, 6) is 0.0326. The van der Waals surface area contributed by atoms with Gasteiger partial charge in [0.25, 0.3) is 5.91 Å². The first-order valence-corrected chi connectivity index (χ1v) is 11.8. The van der Waals surface area contributed by atoms with Gasteiger partial charge in [0.2, 0.25) is 5.43 Å². The van der Waals surface area contributed by atoms with Crippen LogP contribution in [0.2, 0.25) is 5.02 Å². The highest BCUT2D eigenvalue weighted by Crippen LogP contribution is 2.33. The SMILES string of the molecule is Cc1c(Cl)c(=O)c(C(=O)Nc2c(C(C)C)cccc2C(C)C)c(C)n1CCCOC(C)C. The number of halogens is 1. The highest BCUT2D eigenvalue weighted by Gasteiger charge is 2.24. The van der Waals surface area contributed by atoms with Gasteiger partial charge in [-0.25, -0.2) is 0 Å². The van der Waals surface area contributed by atoms with Gasteiger partial charge in [-0.05, 0) is 57.1 Å². The first-order valence-electron chi connectivity index (χ1n) is 11.4. The number of hydrogen-bond acceptors (Lipinski definition) is 3. The minimum Gasteiger partial charge on any atom is -0.379 e. The van der Waals surface area contributed by atoms with E-state index < -0.39 is 11.3 Å². The summed E-state index contributed by atoms with van der Waals surface area (Å²) in [6.45, 7) is 17.2. The molecular formula is C26H37ClN2O3. The first-order chi connectivity index (χ1) is 15.0. The molecule has 6 heteroatoms. The fourth-order valence-electron chi connectivity index (χ4n) is 3.96. The number of nitrogens with zero attached hydrogens (tertiary/aromatic N) is 1. The molecule has 1 N–H and O–H groups in total. The van der Waals surface area contributed by atoms with Crippen LogP contribution in [0.5, 0.6) is 0 Å². The largest absolute Gasteiger partial charge is 0.379 e. The van der Waals surface area contributed by atoms with Gasteiger partial charge in [0.05, 0.1) is 6.10 Å². The maximum atomic E-state index is 13.4. The lowest BCUT2D eigenvalue weighted by Gasteiger charge is -2.22. The van der Waals surface area contributed by atoms with Crippen molar-refractivity contribution in [1.82, 2.24) is 4.57 Å². The number of anilines is 1. The van der Waals surface area contributed by atoms with Crippen LogP contribution < -0.4 is 10.7 Å². The molecule has 0 atom stereocenters. The smallest absolute Gasteiger partial charge is 0.261 e. The highest BCUT2D eigenvalue weighted by molar-refractivity contribution is 6.31. The Morgan fingerprint density at radius 1 is 1.03 bits per heavy atom. The summed E-state index contributed by atoms with van der Waals surface area (Å²) < 4.78 is 7.58. The minimum absolute atomic E-state index is 0.0896. The molecule has 0 aliphatic carbocycles. The van der Waals surface area contributed by atoms with Crippen molar-refractivity contribution in [3.63, 3.8) is 0 Å². The van der Waals surface area contributed by atoms with Crippen LogP contribution in [0.1, 0.15) is 92.7 Å². The molecule has 0 aliphatic heterocycles. The van der Waals surface area contributed by atoms with Gasteiger partial charge >= 0.3 is 0 Å². The van der Waals surface area contributed by atoms with Crippen LogP contribution in [0.4, 0.5) is 5.69 Å². The molecule has 32 heavy (non-hydrogen) atoms. The Morgan fingerprint density at radius 3 is 2.09 bits per heavy atom. The maximum Gasteiger partial charge on any atom is 0.261 e. The van der Waals surface area contributed by atoms with Crippen molar-refractivity contribution in [2.75, 3.05) is 11.9 Å². The lowest BCUT2D eigenvalue weighted by atomic mass is 9.92. The van der Waals surface area contributed by atoms with Gasteiger partial charge in [-0.1, -0.05) is 57.5 Å². The molecule has 1 aromatic carbocycles. The van der Waals surface area contributed by atoms with Crippen LogP contribution >= 0.6 is 11.6 Å². The molecule has 2 rings (SSSR count). The van der Waals surface area contributed by atoms with E-state index >= 15 is 0 Å². The van der Waals surface area contributed by atoms with Crippen LogP contribution in [0.3, 0.4) is 0 Å². The number of ether oxygens (including phenoxy) is 1. The average molecular weight is 461 g/mol. The summed E-state index contributed by atoms with van der Waals surface area (Å²) in [7, 11) is 0. The molecule has 0 saturated heterocycles. The number of carbonyl (C=O) groups excluding carboxylic acids is 1. The van der Waals surface area contributed by atoms with Crippen molar-refractivity contribution in [2.45, 2.75) is 86.3 Å². The molecule has 0 fully saturated rings. The zero-order valence-electron chi connectivity index (χ0n) is 20.6. The number of aromatic nitrogens is 1. The van der Waals surface area contributed by atoms with E-state index in [1.54, 1.807) is 6.92 Å². The van der Waals surface area contributed by atoms with Gasteiger partial charge in [-0.3, -0.25) is 9.59 Å². The van der Waals surface area contributed by atoms with Gasteiger partial charge in [0.1, 0.15) is 10.6 Å². The summed E-state index contributed by atoms with van der Waals surface area (Å²) in [4.78, 5) is 26.5. The number of para-hydroxylation sites is 1. The fourth-order valence-corrected chi connectivity index (χ4v) is 4.16. The third-order valence-corrected chi connectivity index (χ3v) is 6.18. The van der Waals surface area contributed by atoms with Crippen LogP contribution in [-0.2, 0) is 11.3 Å². The number of carbonyl (C=O) groups is 1. The van der Waals surface area contributed by atoms with Gasteiger partial charge < -0.3 is 14.6 Å². The number of pyridine rings is 1. The molecule has 1 aromatic heterocycles. The van der Waals surface area contributed by atoms with Crippen molar-refractivity contribution in [1.29, 1.82) is 0 Å². The van der Waals surface area contributed by atoms with Crippen LogP contribution in [0, 0.1) is 13.8 Å². The van der Waals surface area contributed by atoms with Crippen LogP contribution in [0.15, 0.2) is 23.0 Å². The summed E-state index contributed by atoms with van der Waals surface area (Å²) in [6, 6.07) is 6.06. The van der Waals surface area contributed by atoms with Crippen LogP contribution in [0.25, 0.3) is 0 Å². The number of benzene rings is 1. The Morgan fingerprint density at radius 2 is 1.59 bits per heavy atom. The molecule has 1 heterocycles. The Labute approximate surface area is 197 Å². The molecule has 0 aliphatic rings. The predicted octanol–water partition coefficient (Wildman–Crippen LogP) is 6.43. The second-order valence-electron chi connectivity index (χ2n) is 9.19. The second kappa shape index (κ2) is 11.2. The topological polar surface area (TPSA) is 60.3 Å². The predicted molar refractivity (Wildman–Crippen MR) is 133 cm³/mol. The summed E-state index contributed by atoms with van der Waals surface area (Å²) in [6.07, 6.45) is 0.917. The molecular weight excluding hydrogens is 424 g/mol. The van der Waals surface area contributed by atoms with E-state index in [9.17, 15) is 9.59 Å². The molecule has 0 bridgehead atoms. The third-order valence-electron chi connectivity index (χ3n) is 5.73. The Hall–Kier alpha value is -2.11. The summed E-state index contributed by atoms with van der Waals surface area (Å²) >= 11 is 6.39. The van der Waals surface area contributed by atoms with E-state index in [1.165, 1.54) is 0 Å². The number of amides is 1. The second-order valence-corrected chi connectivity index (χ2v) is 9.57. The maximum absolute atomic E-state index is 13.4. The van der Waals surface area contributed by atoms with E-state index in [4.69, 9.17) is 16.3 Å². The molecule has 2 aromatic rings. The number of hydrogen-bond donors (Lipinski definition) is 1. The Balaban J connectivity index is 2.48. The zero-order valence-corrected chi connectivity index (χ0v) is 21.4. The lowest BCUT2D eigenvalue weighted by molar-refractivity contribution is 0.0747. The Bertz CT molecular complexity index is 996. The van der Waals surface area contributed by atoms with Crippen molar-refractivity contribution in [3.05, 3.63) is 61.5 Å². The molecule has 0 radical (unpaired) electrons. The van der Waals surface area contributed by atoms with E-state index in [1.807, 2.05) is 43.5 Å². The molecule has 0 unspecified atom stereocenters. The minimum atomic E-state index is -0.429. The van der Waals surface area contributed by atoms with Gasteiger partial charge in [-0.2, -0.15) is 0 Å². The van der Waals surface area contributed by atoms with Crippen molar-refractivity contribution in [3.8, 4) is 0 Å². The monoisotopic (exact) mass is 460 g/mol. The average Bonchev–Trinajstić information content (AvgIpc) is 2.71. The van der Waals surface area contributed by atoms with E-state index in [0.29, 0.717) is 24.5 Å². The standard InChI is InChI=1S/C26H37ClN2O3/c1-15(2)20-11-9-12-21(16(3)4)24(20)28-26(31)22-18(7)29(13-10-14-32-17(5)6)19(8)23(27)25(22)30/h9,11-12,15-17H,10,13-14H2,1-8H3,(H,28,31). The van der Waals surface area contributed by atoms with E-state index in [-0.39, 0.29) is 28.5 Å². The van der Waals surface area contributed by atoms with Crippen molar-refractivity contribution in [2.24, 2.45) is 0 Å². The summed E-state index contributed by atoms with van der Waals surface area (Å²) in [5, 5.41) is 3.15. The lowest BCUT2D eigenvalue weighted by Crippen LogP contribution is -2.29. The number of nitrogens with one attached hydrogen (secondary N) is 1. The molecule has 176 valence electrons. The zero-order chi connectivity index (χ0) is 24.2. The fraction of sp³-hybridized carbons (Fsp3) is 0.538. The quantitative estimate of drug-likeness (QED) is 0.438. The molecule has 5 nitrogen and oxygen atoms in total. The van der Waals surface area contributed by atoms with Crippen molar-refractivity contribution >= 4 is 23.2 Å². The summed E-state index contributed by atoms with van der Waals surface area (Å²) in [5.41, 5.74) is 3.83. The van der Waals surface area contributed by atoms with Gasteiger partial charge in [-0.15, -0.1) is 0 Å².